The second-order valence-corrected chi connectivity index (χ2v) is 7.68. The van der Waals surface area contributed by atoms with Crippen LogP contribution in [0.1, 0.15) is 50.2 Å². The standard InChI is InChI=1S/C26H26N2O2/c29-25(20-10-2-1-3-11-20)23-14-6-7-15-24(23)26(30)27-18-21-12-4-5-13-22(21)19-28-16-8-9-17-28/h1-7,10-15H,8-9,16-19H2,(H,27,30). The average molecular weight is 399 g/mol. The van der Waals surface area contributed by atoms with Crippen LogP contribution in [0.2, 0.25) is 0 Å². The summed E-state index contributed by atoms with van der Waals surface area (Å²) in [6, 6.07) is 24.3. The Morgan fingerprint density at radius 1 is 0.733 bits per heavy atom. The molecule has 4 nitrogen and oxygen atoms in total. The lowest BCUT2D eigenvalue weighted by Gasteiger charge is -2.18. The largest absolute Gasteiger partial charge is 0.348 e. The maximum absolute atomic E-state index is 13.0. The van der Waals surface area contributed by atoms with Gasteiger partial charge in [-0.3, -0.25) is 14.5 Å². The molecule has 0 saturated carbocycles. The van der Waals surface area contributed by atoms with Gasteiger partial charge in [-0.1, -0.05) is 72.8 Å². The van der Waals surface area contributed by atoms with Crippen LogP contribution < -0.4 is 5.32 Å². The van der Waals surface area contributed by atoms with Gasteiger partial charge in [-0.25, -0.2) is 0 Å². The molecule has 1 aliphatic heterocycles. The Morgan fingerprint density at radius 2 is 1.33 bits per heavy atom. The summed E-state index contributed by atoms with van der Waals surface area (Å²) in [6.45, 7) is 3.62. The van der Waals surface area contributed by atoms with Crippen LogP contribution in [0.25, 0.3) is 0 Å². The molecule has 1 amide bonds. The van der Waals surface area contributed by atoms with Crippen molar-refractivity contribution in [2.45, 2.75) is 25.9 Å². The summed E-state index contributed by atoms with van der Waals surface area (Å²) < 4.78 is 0. The van der Waals surface area contributed by atoms with E-state index in [2.05, 4.69) is 22.3 Å². The Balaban J connectivity index is 1.49. The molecule has 1 saturated heterocycles. The molecule has 0 spiro atoms. The van der Waals surface area contributed by atoms with Crippen LogP contribution in [-0.2, 0) is 13.1 Å². The fourth-order valence-corrected chi connectivity index (χ4v) is 3.96. The second kappa shape index (κ2) is 9.51. The normalized spacial score (nSPS) is 13.9. The summed E-state index contributed by atoms with van der Waals surface area (Å²) in [5.41, 5.74) is 3.77. The van der Waals surface area contributed by atoms with Crippen molar-refractivity contribution in [3.8, 4) is 0 Å². The van der Waals surface area contributed by atoms with Gasteiger partial charge in [-0.05, 0) is 43.1 Å². The summed E-state index contributed by atoms with van der Waals surface area (Å²) >= 11 is 0. The van der Waals surface area contributed by atoms with Crippen LogP contribution >= 0.6 is 0 Å². The average Bonchev–Trinajstić information content (AvgIpc) is 3.31. The van der Waals surface area contributed by atoms with E-state index in [1.165, 1.54) is 18.4 Å². The second-order valence-electron chi connectivity index (χ2n) is 7.68. The number of carbonyl (C=O) groups excluding carboxylic acids is 2. The van der Waals surface area contributed by atoms with Crippen LogP contribution in [0.4, 0.5) is 0 Å². The zero-order chi connectivity index (χ0) is 20.8. The minimum absolute atomic E-state index is 0.143. The van der Waals surface area contributed by atoms with Crippen LogP contribution in [0.15, 0.2) is 78.9 Å². The quantitative estimate of drug-likeness (QED) is 0.599. The van der Waals surface area contributed by atoms with E-state index in [9.17, 15) is 9.59 Å². The van der Waals surface area contributed by atoms with Crippen molar-refractivity contribution in [1.29, 1.82) is 0 Å². The first-order valence-corrected chi connectivity index (χ1v) is 10.5. The highest BCUT2D eigenvalue weighted by atomic mass is 16.2. The molecule has 0 radical (unpaired) electrons. The zero-order valence-electron chi connectivity index (χ0n) is 17.0. The SMILES string of the molecule is O=C(NCc1ccccc1CN1CCCC1)c1ccccc1C(=O)c1ccccc1. The molecule has 0 aromatic heterocycles. The highest BCUT2D eigenvalue weighted by molar-refractivity contribution is 6.15. The number of benzene rings is 3. The molecule has 1 N–H and O–H groups in total. The first kappa shape index (κ1) is 20.0. The minimum atomic E-state index is -0.231. The molecule has 0 bridgehead atoms. The number of nitrogens with one attached hydrogen (secondary N) is 1. The van der Waals surface area contributed by atoms with Crippen LogP contribution in [-0.4, -0.2) is 29.7 Å². The van der Waals surface area contributed by atoms with Crippen LogP contribution in [0.3, 0.4) is 0 Å². The maximum atomic E-state index is 13.0. The molecule has 1 aliphatic rings. The third-order valence-corrected chi connectivity index (χ3v) is 5.60. The Bertz CT molecular complexity index is 1020. The monoisotopic (exact) mass is 398 g/mol. The summed E-state index contributed by atoms with van der Waals surface area (Å²) in [5, 5.41) is 3.02. The van der Waals surface area contributed by atoms with Crippen molar-refractivity contribution in [1.82, 2.24) is 10.2 Å². The predicted octanol–water partition coefficient (Wildman–Crippen LogP) is 4.44. The fourth-order valence-electron chi connectivity index (χ4n) is 3.96. The molecule has 152 valence electrons. The highest BCUT2D eigenvalue weighted by Gasteiger charge is 2.18. The van der Waals surface area contributed by atoms with E-state index in [1.807, 2.05) is 30.3 Å². The number of nitrogens with zero attached hydrogens (tertiary/aromatic N) is 1. The molecule has 3 aromatic rings. The first-order chi connectivity index (χ1) is 14.7. The van der Waals surface area contributed by atoms with Crippen molar-refractivity contribution >= 4 is 11.7 Å². The Kier molecular flexibility index (Phi) is 6.35. The first-order valence-electron chi connectivity index (χ1n) is 10.5. The van der Waals surface area contributed by atoms with Crippen LogP contribution in [0, 0.1) is 0 Å². The van der Waals surface area contributed by atoms with Gasteiger partial charge < -0.3 is 5.32 Å². The van der Waals surface area contributed by atoms with Gasteiger partial charge in [0.15, 0.2) is 5.78 Å². The van der Waals surface area contributed by atoms with E-state index in [0.29, 0.717) is 23.2 Å². The van der Waals surface area contributed by atoms with Gasteiger partial charge in [0.05, 0.1) is 5.56 Å². The molecule has 3 aromatic carbocycles. The molecule has 0 unspecified atom stereocenters. The molecule has 4 heteroatoms. The Morgan fingerprint density at radius 3 is 2.07 bits per heavy atom. The molecule has 30 heavy (non-hydrogen) atoms. The van der Waals surface area contributed by atoms with Crippen LogP contribution in [0.5, 0.6) is 0 Å². The number of rotatable bonds is 7. The highest BCUT2D eigenvalue weighted by Crippen LogP contribution is 2.18. The predicted molar refractivity (Wildman–Crippen MR) is 118 cm³/mol. The zero-order valence-corrected chi connectivity index (χ0v) is 17.0. The number of amides is 1. The smallest absolute Gasteiger partial charge is 0.252 e. The lowest BCUT2D eigenvalue weighted by Crippen LogP contribution is -2.26. The molecule has 0 atom stereocenters. The molecular weight excluding hydrogens is 372 g/mol. The van der Waals surface area contributed by atoms with E-state index >= 15 is 0 Å². The van der Waals surface area contributed by atoms with E-state index in [4.69, 9.17) is 0 Å². The molecule has 1 heterocycles. The van der Waals surface area contributed by atoms with Crippen molar-refractivity contribution in [2.75, 3.05) is 13.1 Å². The van der Waals surface area contributed by atoms with Gasteiger partial charge in [-0.2, -0.15) is 0 Å². The van der Waals surface area contributed by atoms with Gasteiger partial charge in [0, 0.05) is 24.2 Å². The number of hydrogen-bond acceptors (Lipinski definition) is 3. The summed E-state index contributed by atoms with van der Waals surface area (Å²) in [6.07, 6.45) is 2.51. The Hall–Kier alpha value is -3.24. The van der Waals surface area contributed by atoms with E-state index in [0.717, 1.165) is 25.2 Å². The van der Waals surface area contributed by atoms with Crippen molar-refractivity contribution in [3.05, 3.63) is 107 Å². The number of carbonyl (C=O) groups is 2. The Labute approximate surface area is 177 Å². The van der Waals surface area contributed by atoms with Crippen molar-refractivity contribution < 1.29 is 9.59 Å². The third-order valence-electron chi connectivity index (χ3n) is 5.60. The molecule has 1 fully saturated rings. The lowest BCUT2D eigenvalue weighted by molar-refractivity contribution is 0.0939. The number of ketones is 1. The van der Waals surface area contributed by atoms with Crippen molar-refractivity contribution in [3.63, 3.8) is 0 Å². The molecule has 4 rings (SSSR count). The summed E-state index contributed by atoms with van der Waals surface area (Å²) in [5.74, 6) is -0.373. The maximum Gasteiger partial charge on any atom is 0.252 e. The van der Waals surface area contributed by atoms with Crippen molar-refractivity contribution in [2.24, 2.45) is 0 Å². The molecular formula is C26H26N2O2. The number of hydrogen-bond donors (Lipinski definition) is 1. The number of likely N-dealkylation sites (tertiary alicyclic amines) is 1. The summed E-state index contributed by atoms with van der Waals surface area (Å²) in [7, 11) is 0. The van der Waals surface area contributed by atoms with Gasteiger partial charge in [0.25, 0.3) is 5.91 Å². The third kappa shape index (κ3) is 4.66. The van der Waals surface area contributed by atoms with E-state index < -0.39 is 0 Å². The van der Waals surface area contributed by atoms with Gasteiger partial charge >= 0.3 is 0 Å². The van der Waals surface area contributed by atoms with Gasteiger partial charge in [0.2, 0.25) is 0 Å². The van der Waals surface area contributed by atoms with E-state index in [1.54, 1.807) is 36.4 Å². The fraction of sp³-hybridized carbons (Fsp3) is 0.231. The topological polar surface area (TPSA) is 49.4 Å². The summed E-state index contributed by atoms with van der Waals surface area (Å²) in [4.78, 5) is 28.3. The molecule has 0 aliphatic carbocycles. The van der Waals surface area contributed by atoms with E-state index in [-0.39, 0.29) is 11.7 Å². The van der Waals surface area contributed by atoms with Gasteiger partial charge in [-0.15, -0.1) is 0 Å². The lowest BCUT2D eigenvalue weighted by atomic mass is 9.98. The van der Waals surface area contributed by atoms with Gasteiger partial charge in [0.1, 0.15) is 0 Å². The minimum Gasteiger partial charge on any atom is -0.348 e.